The van der Waals surface area contributed by atoms with E-state index in [2.05, 4.69) is 0 Å². The standard InChI is InChI=1S/C13H17NO3.ClH/c1-13(2,3)12(16)17-10-6-4-5-9(7-10)11(15)8-14;/h4-7H,8,14H2,1-3H3;1H. The maximum absolute atomic E-state index is 11.7. The number of carbonyl (C=O) groups excluding carboxylic acids is 2. The Bertz CT molecular complexity index is 438. The molecule has 0 aliphatic heterocycles. The number of ether oxygens (including phenoxy) is 1. The molecule has 1 rings (SSSR count). The Kier molecular flexibility index (Phi) is 6.01. The van der Waals surface area contributed by atoms with Crippen molar-refractivity contribution in [2.75, 3.05) is 6.54 Å². The molecule has 18 heavy (non-hydrogen) atoms. The summed E-state index contributed by atoms with van der Waals surface area (Å²) < 4.78 is 5.18. The van der Waals surface area contributed by atoms with Gasteiger partial charge < -0.3 is 10.5 Å². The first-order chi connectivity index (χ1) is 7.84. The van der Waals surface area contributed by atoms with Crippen LogP contribution < -0.4 is 10.5 Å². The predicted octanol–water partition coefficient (Wildman–Crippen LogP) is 2.20. The van der Waals surface area contributed by atoms with Crippen molar-refractivity contribution in [3.63, 3.8) is 0 Å². The number of hydrogen-bond acceptors (Lipinski definition) is 4. The highest BCUT2D eigenvalue weighted by atomic mass is 35.5. The van der Waals surface area contributed by atoms with Crippen LogP contribution in [0.4, 0.5) is 0 Å². The molecule has 1 aromatic carbocycles. The van der Waals surface area contributed by atoms with E-state index >= 15 is 0 Å². The minimum absolute atomic E-state index is 0. The van der Waals surface area contributed by atoms with Gasteiger partial charge in [-0.3, -0.25) is 9.59 Å². The first-order valence-electron chi connectivity index (χ1n) is 5.40. The molecule has 0 unspecified atom stereocenters. The summed E-state index contributed by atoms with van der Waals surface area (Å²) in [4.78, 5) is 23.0. The molecule has 0 spiro atoms. The molecule has 4 nitrogen and oxygen atoms in total. The molecule has 100 valence electrons. The largest absolute Gasteiger partial charge is 0.426 e. The summed E-state index contributed by atoms with van der Waals surface area (Å²) in [7, 11) is 0. The first kappa shape index (κ1) is 16.6. The average Bonchev–Trinajstić information content (AvgIpc) is 2.27. The number of rotatable bonds is 3. The van der Waals surface area contributed by atoms with Gasteiger partial charge in [-0.05, 0) is 32.9 Å². The lowest BCUT2D eigenvalue weighted by Gasteiger charge is -2.16. The summed E-state index contributed by atoms with van der Waals surface area (Å²) in [6.07, 6.45) is 0. The maximum Gasteiger partial charge on any atom is 0.316 e. The number of carbonyl (C=O) groups is 2. The van der Waals surface area contributed by atoms with Crippen molar-refractivity contribution in [2.45, 2.75) is 20.8 Å². The third-order valence-corrected chi connectivity index (χ3v) is 2.16. The van der Waals surface area contributed by atoms with E-state index in [9.17, 15) is 9.59 Å². The summed E-state index contributed by atoms with van der Waals surface area (Å²) >= 11 is 0. The van der Waals surface area contributed by atoms with Gasteiger partial charge >= 0.3 is 5.97 Å². The lowest BCUT2D eigenvalue weighted by Crippen LogP contribution is -2.25. The third kappa shape index (κ3) is 4.47. The quantitative estimate of drug-likeness (QED) is 0.520. The number of halogens is 1. The van der Waals surface area contributed by atoms with Gasteiger partial charge in [-0.1, -0.05) is 12.1 Å². The number of hydrogen-bond donors (Lipinski definition) is 1. The summed E-state index contributed by atoms with van der Waals surface area (Å²) in [5.41, 5.74) is 5.14. The van der Waals surface area contributed by atoms with Crippen molar-refractivity contribution in [1.29, 1.82) is 0 Å². The number of Topliss-reactive ketones (excluding diaryl/α,β-unsaturated/α-hetero) is 1. The van der Waals surface area contributed by atoms with E-state index in [1.165, 1.54) is 6.07 Å². The molecule has 0 atom stereocenters. The molecule has 2 N–H and O–H groups in total. The van der Waals surface area contributed by atoms with Crippen LogP contribution in [0, 0.1) is 5.41 Å². The molecule has 0 aliphatic rings. The smallest absolute Gasteiger partial charge is 0.316 e. The molecule has 0 saturated heterocycles. The van der Waals surface area contributed by atoms with Crippen LogP contribution in [0.2, 0.25) is 0 Å². The fourth-order valence-electron chi connectivity index (χ4n) is 1.11. The van der Waals surface area contributed by atoms with Crippen LogP contribution in [-0.4, -0.2) is 18.3 Å². The van der Waals surface area contributed by atoms with Crippen molar-refractivity contribution < 1.29 is 14.3 Å². The second kappa shape index (κ2) is 6.52. The molecule has 5 heteroatoms. The van der Waals surface area contributed by atoms with Gasteiger partial charge in [-0.25, -0.2) is 0 Å². The van der Waals surface area contributed by atoms with Crippen molar-refractivity contribution in [2.24, 2.45) is 11.1 Å². The first-order valence-corrected chi connectivity index (χ1v) is 5.40. The Morgan fingerprint density at radius 1 is 1.28 bits per heavy atom. The summed E-state index contributed by atoms with van der Waals surface area (Å²) in [6, 6.07) is 6.47. The van der Waals surface area contributed by atoms with E-state index < -0.39 is 5.41 Å². The monoisotopic (exact) mass is 271 g/mol. The fourth-order valence-corrected chi connectivity index (χ4v) is 1.11. The zero-order valence-corrected chi connectivity index (χ0v) is 11.5. The zero-order valence-electron chi connectivity index (χ0n) is 10.7. The van der Waals surface area contributed by atoms with Crippen LogP contribution in [0.5, 0.6) is 5.75 Å². The summed E-state index contributed by atoms with van der Waals surface area (Å²) in [5.74, 6) is -0.155. The highest BCUT2D eigenvalue weighted by molar-refractivity contribution is 5.97. The molecule has 0 radical (unpaired) electrons. The number of benzene rings is 1. The lowest BCUT2D eigenvalue weighted by atomic mass is 9.97. The van der Waals surface area contributed by atoms with Crippen molar-refractivity contribution in [1.82, 2.24) is 0 Å². The Morgan fingerprint density at radius 2 is 1.89 bits per heavy atom. The molecule has 0 heterocycles. The minimum atomic E-state index is -0.576. The Balaban J connectivity index is 0.00000289. The van der Waals surface area contributed by atoms with E-state index in [-0.39, 0.29) is 30.7 Å². The van der Waals surface area contributed by atoms with Gasteiger partial charge in [0.05, 0.1) is 12.0 Å². The van der Waals surface area contributed by atoms with Crippen LogP contribution in [0.3, 0.4) is 0 Å². The number of esters is 1. The summed E-state index contributed by atoms with van der Waals surface area (Å²) in [5, 5.41) is 0. The molecule has 0 saturated carbocycles. The fraction of sp³-hybridized carbons (Fsp3) is 0.385. The maximum atomic E-state index is 11.7. The van der Waals surface area contributed by atoms with Gasteiger partial charge in [-0.15, -0.1) is 12.4 Å². The highest BCUT2D eigenvalue weighted by Gasteiger charge is 2.23. The molecule has 0 amide bonds. The van der Waals surface area contributed by atoms with Crippen LogP contribution in [0.25, 0.3) is 0 Å². The second-order valence-corrected chi connectivity index (χ2v) is 4.79. The van der Waals surface area contributed by atoms with E-state index in [1.54, 1.807) is 39.0 Å². The van der Waals surface area contributed by atoms with Gasteiger partial charge in [-0.2, -0.15) is 0 Å². The van der Waals surface area contributed by atoms with E-state index in [1.807, 2.05) is 0 Å². The van der Waals surface area contributed by atoms with E-state index in [4.69, 9.17) is 10.5 Å². The second-order valence-electron chi connectivity index (χ2n) is 4.79. The normalized spacial score (nSPS) is 10.4. The molecule has 0 aromatic heterocycles. The zero-order chi connectivity index (χ0) is 13.1. The van der Waals surface area contributed by atoms with Crippen molar-refractivity contribution in [3.8, 4) is 5.75 Å². The van der Waals surface area contributed by atoms with Crippen molar-refractivity contribution >= 4 is 24.2 Å². The van der Waals surface area contributed by atoms with Crippen LogP contribution in [0.15, 0.2) is 24.3 Å². The SMILES string of the molecule is CC(C)(C)C(=O)Oc1cccc(C(=O)CN)c1.Cl. The van der Waals surface area contributed by atoms with Gasteiger partial charge in [0.25, 0.3) is 0 Å². The number of ketones is 1. The van der Waals surface area contributed by atoms with E-state index in [0.29, 0.717) is 11.3 Å². The Hall–Kier alpha value is -1.39. The average molecular weight is 272 g/mol. The molecule has 0 aliphatic carbocycles. The topological polar surface area (TPSA) is 69.4 Å². The van der Waals surface area contributed by atoms with Crippen LogP contribution in [0.1, 0.15) is 31.1 Å². The summed E-state index contributed by atoms with van der Waals surface area (Å²) in [6.45, 7) is 5.25. The highest BCUT2D eigenvalue weighted by Crippen LogP contribution is 2.20. The lowest BCUT2D eigenvalue weighted by molar-refractivity contribution is -0.143. The van der Waals surface area contributed by atoms with Crippen molar-refractivity contribution in [3.05, 3.63) is 29.8 Å². The molecular weight excluding hydrogens is 254 g/mol. The van der Waals surface area contributed by atoms with Gasteiger partial charge in [0, 0.05) is 5.56 Å². The van der Waals surface area contributed by atoms with Crippen LogP contribution >= 0.6 is 12.4 Å². The number of nitrogens with two attached hydrogens (primary N) is 1. The van der Waals surface area contributed by atoms with Gasteiger partial charge in [0.15, 0.2) is 5.78 Å². The van der Waals surface area contributed by atoms with Gasteiger partial charge in [0.1, 0.15) is 5.75 Å². The van der Waals surface area contributed by atoms with Gasteiger partial charge in [0.2, 0.25) is 0 Å². The molecular formula is C13H18ClNO3. The predicted molar refractivity (Wildman–Crippen MR) is 72.2 cm³/mol. The van der Waals surface area contributed by atoms with Crippen LogP contribution in [-0.2, 0) is 4.79 Å². The Morgan fingerprint density at radius 3 is 2.39 bits per heavy atom. The minimum Gasteiger partial charge on any atom is -0.426 e. The third-order valence-electron chi connectivity index (χ3n) is 2.16. The molecule has 0 bridgehead atoms. The Labute approximate surface area is 113 Å². The molecule has 0 fully saturated rings. The van der Waals surface area contributed by atoms with E-state index in [0.717, 1.165) is 0 Å². The molecule has 1 aromatic rings.